The first-order chi connectivity index (χ1) is 35.9. The zero-order valence-corrected chi connectivity index (χ0v) is 43.7. The molecule has 24 heteroatoms. The van der Waals surface area contributed by atoms with Crippen LogP contribution in [0.4, 0.5) is 0 Å². The second-order valence-electron chi connectivity index (χ2n) is 23.6. The van der Waals surface area contributed by atoms with Gasteiger partial charge in [0.25, 0.3) is 0 Å². The van der Waals surface area contributed by atoms with E-state index in [-0.39, 0.29) is 67.2 Å². The van der Waals surface area contributed by atoms with Crippen molar-refractivity contribution in [1.29, 1.82) is 0 Å². The summed E-state index contributed by atoms with van der Waals surface area (Å²) < 4.78 is 60.1. The monoisotopic (exact) mass is 1090 g/mol. The average Bonchev–Trinajstić information content (AvgIpc) is 3.82. The van der Waals surface area contributed by atoms with Gasteiger partial charge in [-0.15, -0.1) is 0 Å². The van der Waals surface area contributed by atoms with E-state index in [0.717, 1.165) is 31.8 Å². The van der Waals surface area contributed by atoms with E-state index in [1.807, 2.05) is 6.92 Å². The molecule has 0 spiro atoms. The number of fused-ring (bicyclic) bond motifs is 7. The molecule has 30 atom stereocenters. The summed E-state index contributed by atoms with van der Waals surface area (Å²) in [5, 5.41) is 140. The molecule has 76 heavy (non-hydrogen) atoms. The van der Waals surface area contributed by atoms with E-state index in [4.69, 9.17) is 47.4 Å². The number of ether oxygens (including phenoxy) is 10. The minimum Gasteiger partial charge on any atom is -0.457 e. The minimum atomic E-state index is -1.87. The molecule has 9 aliphatic rings. The third kappa shape index (κ3) is 10.5. The normalized spacial score (nSPS) is 53.2. The largest absolute Gasteiger partial charge is 0.457 e. The van der Waals surface area contributed by atoms with Crippen molar-refractivity contribution in [2.75, 3.05) is 26.4 Å². The molecule has 0 aromatic heterocycles. The molecule has 24 nitrogen and oxygen atoms in total. The molecule has 0 unspecified atom stereocenters. The summed E-state index contributed by atoms with van der Waals surface area (Å²) in [5.41, 5.74) is 0.723. The van der Waals surface area contributed by atoms with E-state index >= 15 is 0 Å². The average molecular weight is 1090 g/mol. The highest BCUT2D eigenvalue weighted by atomic mass is 16.8. The lowest BCUT2D eigenvalue weighted by atomic mass is 9.46. The predicted octanol–water partition coefficient (Wildman–Crippen LogP) is -2.91. The smallest absolute Gasteiger partial charge is 0.303 e. The van der Waals surface area contributed by atoms with Crippen molar-refractivity contribution in [3.05, 3.63) is 23.8 Å². The molecule has 13 N–H and O–H groups in total. The Morgan fingerprint density at radius 1 is 0.750 bits per heavy atom. The molecule has 434 valence electrons. The van der Waals surface area contributed by atoms with Crippen molar-refractivity contribution in [2.24, 2.45) is 40.4 Å². The van der Waals surface area contributed by atoms with E-state index in [1.165, 1.54) is 6.92 Å². The highest BCUT2D eigenvalue weighted by Gasteiger charge is 2.69. The van der Waals surface area contributed by atoms with Gasteiger partial charge in [0.1, 0.15) is 79.4 Å². The lowest BCUT2D eigenvalue weighted by Gasteiger charge is -2.60. The minimum absolute atomic E-state index is 0.0177. The summed E-state index contributed by atoms with van der Waals surface area (Å²) in [6.45, 7) is 11.5. The number of hydrogen-bond acceptors (Lipinski definition) is 24. The fourth-order valence-corrected chi connectivity index (χ4v) is 14.9. The zero-order valence-electron chi connectivity index (χ0n) is 43.7. The van der Waals surface area contributed by atoms with Crippen LogP contribution in [0.15, 0.2) is 23.8 Å². The summed E-state index contributed by atoms with van der Waals surface area (Å²) >= 11 is 0. The highest BCUT2D eigenvalue weighted by molar-refractivity contribution is 5.66. The lowest BCUT2D eigenvalue weighted by Crippen LogP contribution is -2.66. The molecule has 5 saturated heterocycles. The second-order valence-corrected chi connectivity index (χ2v) is 23.6. The summed E-state index contributed by atoms with van der Waals surface area (Å²) in [7, 11) is 0. The van der Waals surface area contributed by atoms with Crippen LogP contribution < -0.4 is 0 Å². The first kappa shape index (κ1) is 58.7. The molecule has 5 aliphatic heterocycles. The van der Waals surface area contributed by atoms with Crippen molar-refractivity contribution in [1.82, 2.24) is 0 Å². The first-order valence-electron chi connectivity index (χ1n) is 27.0. The number of allylic oxidation sites excluding steroid dienone is 1. The number of hydrogen-bond donors (Lipinski definition) is 13. The van der Waals surface area contributed by atoms with Crippen molar-refractivity contribution >= 4 is 5.97 Å². The van der Waals surface area contributed by atoms with E-state index in [9.17, 15) is 71.2 Å². The molecule has 8 fully saturated rings. The fraction of sp³-hybridized carbons (Fsp3) is 0.904. The Hall–Kier alpha value is -1.93. The first-order valence-corrected chi connectivity index (χ1v) is 27.0. The van der Waals surface area contributed by atoms with Crippen LogP contribution in [0.1, 0.15) is 86.0 Å². The Balaban J connectivity index is 0.887. The Labute approximate surface area is 441 Å². The summed E-state index contributed by atoms with van der Waals surface area (Å²) in [4.78, 5) is 12.2. The molecule has 9 rings (SSSR count). The third-order valence-electron chi connectivity index (χ3n) is 19.2. The van der Waals surface area contributed by atoms with Gasteiger partial charge in [-0.05, 0) is 74.5 Å². The van der Waals surface area contributed by atoms with E-state index < -0.39 is 159 Å². The summed E-state index contributed by atoms with van der Waals surface area (Å²) in [6, 6.07) is 0. The maximum atomic E-state index is 12.2. The lowest BCUT2D eigenvalue weighted by molar-refractivity contribution is -0.381. The Bertz CT molecular complexity index is 2060. The van der Waals surface area contributed by atoms with Crippen molar-refractivity contribution in [3.8, 4) is 0 Å². The van der Waals surface area contributed by atoms with E-state index in [1.54, 1.807) is 0 Å². The zero-order chi connectivity index (χ0) is 55.1. The van der Waals surface area contributed by atoms with Gasteiger partial charge in [-0.1, -0.05) is 44.6 Å². The number of esters is 1. The topological polar surface area (TPSA) is 372 Å². The quantitative estimate of drug-likeness (QED) is 0.0578. The molecular formula is C52H82O24. The molecule has 0 radical (unpaired) electrons. The van der Waals surface area contributed by atoms with E-state index in [0.29, 0.717) is 24.8 Å². The summed E-state index contributed by atoms with van der Waals surface area (Å²) in [6.07, 6.45) is -24.6. The van der Waals surface area contributed by atoms with Gasteiger partial charge in [0, 0.05) is 31.1 Å². The SMILES string of the molecule is C=C(CC[C@@]1(O)O[C@H]2C[C@H]3[C@@H]4CC=C5C[C@@H](O)C[C@@H](O[C@@H]6OC[C@H](OC(C)=O)[C@H](O)[C@H]6O[C@@H]6O[C@@H](C)[C@H](O)[C@@H](O[C@@H]7O[C@H](CO)[C@@H](O)[C@H](O)[C@H]7O)[C@H]6O)[C@]5(C)[C@H]4CC[C@]3(C)[C@H]2[C@@H]1C)CO[C@@H]1O[C@H](CO)[C@@H](O)[C@H](O)[C@H]1O. The van der Waals surface area contributed by atoms with Gasteiger partial charge in [-0.3, -0.25) is 4.79 Å². The Kier molecular flexibility index (Phi) is 17.6. The van der Waals surface area contributed by atoms with Crippen LogP contribution in [0.3, 0.4) is 0 Å². The van der Waals surface area contributed by atoms with Crippen LogP contribution in [0.2, 0.25) is 0 Å². The van der Waals surface area contributed by atoms with Crippen molar-refractivity contribution in [3.63, 3.8) is 0 Å². The molecule has 4 aliphatic carbocycles. The molecule has 0 amide bonds. The van der Waals surface area contributed by atoms with Crippen LogP contribution in [-0.2, 0) is 52.2 Å². The Morgan fingerprint density at radius 3 is 2.04 bits per heavy atom. The van der Waals surface area contributed by atoms with Gasteiger partial charge < -0.3 is 114 Å². The van der Waals surface area contributed by atoms with E-state index in [2.05, 4.69) is 26.5 Å². The molecule has 5 heterocycles. The molecular weight excluding hydrogens is 1010 g/mol. The number of carbonyl (C=O) groups is 1. The van der Waals surface area contributed by atoms with Crippen LogP contribution in [0.5, 0.6) is 0 Å². The third-order valence-corrected chi connectivity index (χ3v) is 19.2. The molecule has 0 aromatic rings. The van der Waals surface area contributed by atoms with Crippen LogP contribution in [-0.4, -0.2) is 240 Å². The van der Waals surface area contributed by atoms with Gasteiger partial charge in [0.05, 0.1) is 50.8 Å². The van der Waals surface area contributed by atoms with Gasteiger partial charge in [-0.25, -0.2) is 0 Å². The van der Waals surface area contributed by atoms with Crippen LogP contribution in [0.25, 0.3) is 0 Å². The maximum absolute atomic E-state index is 12.2. The number of rotatable bonds is 15. The molecule has 0 bridgehead atoms. The number of aliphatic hydroxyl groups excluding tert-OH is 12. The maximum Gasteiger partial charge on any atom is 0.303 e. The van der Waals surface area contributed by atoms with Gasteiger partial charge in [-0.2, -0.15) is 0 Å². The van der Waals surface area contributed by atoms with Crippen molar-refractivity contribution in [2.45, 2.75) is 227 Å². The summed E-state index contributed by atoms with van der Waals surface area (Å²) in [5.74, 6) is -2.04. The Morgan fingerprint density at radius 2 is 1.38 bits per heavy atom. The van der Waals surface area contributed by atoms with Crippen molar-refractivity contribution < 1.29 is 119 Å². The standard InChI is InChI=1S/C52H82O24/c1-20(18-67-46-41(63)39(61)36(58)30(16-53)71-46)9-12-52(66)21(2)34-29(76-52)15-28-26-8-7-24-13-25(56)14-33(51(24,6)27(26)10-11-50(28,34)5)73-49-45(38(60)32(19-68-49)70-23(4)55)75-48-43(65)44(35(57)22(3)69-48)74-47-42(64)40(62)37(59)31(17-54)72-47/h7,21-22,25-49,53-54,56-66H,1,8-19H2,2-6H3/t21-,22-,25+,26+,27-,28-,29-,30+,31+,32-,33+,34-,35-,36+,37+,38-,39-,40-,41+,42+,43+,44+,45+,46+,47-,48-,49-,50-,51-,52+/m0/s1. The fourth-order valence-electron chi connectivity index (χ4n) is 14.9. The number of carbonyl (C=O) groups excluding carboxylic acids is 1. The van der Waals surface area contributed by atoms with Gasteiger partial charge in [0.2, 0.25) is 0 Å². The van der Waals surface area contributed by atoms with Crippen LogP contribution in [0, 0.1) is 40.4 Å². The number of aliphatic hydroxyl groups is 13. The van der Waals surface area contributed by atoms with Gasteiger partial charge >= 0.3 is 5.97 Å². The molecule has 3 saturated carbocycles. The second kappa shape index (κ2) is 22.8. The highest BCUT2D eigenvalue weighted by Crippen LogP contribution is 2.70. The molecule has 0 aromatic carbocycles. The predicted molar refractivity (Wildman–Crippen MR) is 255 cm³/mol. The van der Waals surface area contributed by atoms with Gasteiger partial charge in [0.15, 0.2) is 37.1 Å². The van der Waals surface area contributed by atoms with Crippen LogP contribution >= 0.6 is 0 Å².